The van der Waals surface area contributed by atoms with Gasteiger partial charge in [-0.15, -0.1) is 0 Å². The molecule has 0 heterocycles. The first-order valence-corrected chi connectivity index (χ1v) is 18.3. The normalized spacial score (nSPS) is 10.6. The molecule has 3 rings (SSSR count). The third-order valence-electron chi connectivity index (χ3n) is 7.98. The molecule has 0 amide bonds. The molecular formula is C42H52O11. The molecule has 11 nitrogen and oxygen atoms in total. The van der Waals surface area contributed by atoms with E-state index in [0.29, 0.717) is 37.7 Å². The Hall–Kier alpha value is -5.16. The molecule has 0 radical (unpaired) electrons. The van der Waals surface area contributed by atoms with Crippen LogP contribution in [0.1, 0.15) is 109 Å². The number of carbonyl (C=O) groups is 4. The molecule has 0 saturated heterocycles. The number of carbonyl (C=O) groups excluding carboxylic acids is 4. The van der Waals surface area contributed by atoms with Gasteiger partial charge in [0.2, 0.25) is 0 Å². The number of hydrogen-bond donors (Lipinski definition) is 0. The molecule has 0 saturated carbocycles. The van der Waals surface area contributed by atoms with Gasteiger partial charge < -0.3 is 33.2 Å². The van der Waals surface area contributed by atoms with E-state index >= 15 is 0 Å². The average Bonchev–Trinajstić information content (AvgIpc) is 3.18. The molecule has 286 valence electrons. The smallest absolute Gasteiger partial charge is 0.343 e. The van der Waals surface area contributed by atoms with Crippen molar-refractivity contribution in [3.05, 3.63) is 96.1 Å². The van der Waals surface area contributed by atoms with E-state index in [1.54, 1.807) is 55.6 Å². The van der Waals surface area contributed by atoms with Gasteiger partial charge in [0.25, 0.3) is 0 Å². The van der Waals surface area contributed by atoms with Gasteiger partial charge in [-0.2, -0.15) is 0 Å². The van der Waals surface area contributed by atoms with Crippen LogP contribution in [0.25, 0.3) is 0 Å². The Morgan fingerprint density at radius 1 is 0.547 bits per heavy atom. The largest absolute Gasteiger partial charge is 0.494 e. The number of rotatable bonds is 26. The Balaban J connectivity index is 1.56. The molecule has 11 heteroatoms. The zero-order chi connectivity index (χ0) is 38.1. The molecule has 53 heavy (non-hydrogen) atoms. The van der Waals surface area contributed by atoms with Crippen molar-refractivity contribution in [1.29, 1.82) is 0 Å². The lowest BCUT2D eigenvalue weighted by Crippen LogP contribution is -2.14. The van der Waals surface area contributed by atoms with Crippen LogP contribution in [-0.4, -0.2) is 64.0 Å². The third-order valence-corrected chi connectivity index (χ3v) is 7.98. The maximum absolute atomic E-state index is 13.1. The molecular weight excluding hydrogens is 680 g/mol. The van der Waals surface area contributed by atoms with Crippen LogP contribution in [0.4, 0.5) is 0 Å². The molecule has 0 fully saturated rings. The van der Waals surface area contributed by atoms with Gasteiger partial charge in [-0.05, 0) is 118 Å². The van der Waals surface area contributed by atoms with Crippen molar-refractivity contribution in [2.45, 2.75) is 77.6 Å². The molecule has 0 spiro atoms. The molecule has 0 bridgehead atoms. The summed E-state index contributed by atoms with van der Waals surface area (Å²) in [5, 5.41) is 0. The van der Waals surface area contributed by atoms with Crippen LogP contribution in [0.3, 0.4) is 0 Å². The molecule has 3 aromatic carbocycles. The maximum Gasteiger partial charge on any atom is 0.343 e. The summed E-state index contributed by atoms with van der Waals surface area (Å²) in [6.45, 7) is 7.80. The molecule has 0 aliphatic carbocycles. The van der Waals surface area contributed by atoms with Crippen LogP contribution in [0.5, 0.6) is 23.0 Å². The van der Waals surface area contributed by atoms with E-state index in [0.717, 1.165) is 76.9 Å². The quantitative estimate of drug-likeness (QED) is 0.0340. The number of hydrogen-bond acceptors (Lipinski definition) is 11. The number of unbranched alkanes of at least 4 members (excludes halogenated alkanes) is 8. The van der Waals surface area contributed by atoms with E-state index in [4.69, 9.17) is 33.2 Å². The average molecular weight is 733 g/mol. The highest BCUT2D eigenvalue weighted by molar-refractivity contribution is 5.97. The maximum atomic E-state index is 13.1. The minimum Gasteiger partial charge on any atom is -0.494 e. The lowest BCUT2D eigenvalue weighted by Gasteiger charge is -2.13. The van der Waals surface area contributed by atoms with Gasteiger partial charge >= 0.3 is 23.9 Å². The van der Waals surface area contributed by atoms with Crippen molar-refractivity contribution in [2.24, 2.45) is 0 Å². The first kappa shape index (κ1) is 42.3. The Labute approximate surface area is 312 Å². The molecule has 0 aromatic heterocycles. The fourth-order valence-electron chi connectivity index (χ4n) is 4.99. The summed E-state index contributed by atoms with van der Waals surface area (Å²) in [6, 6.07) is 17.3. The summed E-state index contributed by atoms with van der Waals surface area (Å²) in [4.78, 5) is 50.3. The zero-order valence-electron chi connectivity index (χ0n) is 30.9. The van der Waals surface area contributed by atoms with Crippen molar-refractivity contribution >= 4 is 23.9 Å². The topological polar surface area (TPSA) is 133 Å². The van der Waals surface area contributed by atoms with Gasteiger partial charge in [-0.25, -0.2) is 19.2 Å². The molecule has 0 unspecified atom stereocenters. The monoisotopic (exact) mass is 732 g/mol. The highest BCUT2D eigenvalue weighted by atomic mass is 16.6. The van der Waals surface area contributed by atoms with Crippen molar-refractivity contribution in [1.82, 2.24) is 0 Å². The zero-order valence-corrected chi connectivity index (χ0v) is 30.9. The summed E-state index contributed by atoms with van der Waals surface area (Å²) in [6.07, 6.45) is 11.2. The molecule has 0 aliphatic heterocycles. The Bertz CT molecular complexity index is 1560. The lowest BCUT2D eigenvalue weighted by atomic mass is 10.1. The van der Waals surface area contributed by atoms with Crippen LogP contribution in [0, 0.1) is 0 Å². The van der Waals surface area contributed by atoms with Gasteiger partial charge in [0, 0.05) is 19.8 Å². The van der Waals surface area contributed by atoms with Gasteiger partial charge in [-0.1, -0.05) is 32.8 Å². The summed E-state index contributed by atoms with van der Waals surface area (Å²) in [5.74, 6) is -1.14. The van der Waals surface area contributed by atoms with Crippen LogP contribution >= 0.6 is 0 Å². The Morgan fingerprint density at radius 3 is 1.58 bits per heavy atom. The third kappa shape index (κ3) is 16.4. The predicted octanol–water partition coefficient (Wildman–Crippen LogP) is 8.73. The molecule has 3 aromatic rings. The second kappa shape index (κ2) is 24.9. The summed E-state index contributed by atoms with van der Waals surface area (Å²) >= 11 is 0. The fraction of sp³-hybridized carbons (Fsp3) is 0.429. The minimum absolute atomic E-state index is 0.0262. The van der Waals surface area contributed by atoms with Gasteiger partial charge in [-0.3, -0.25) is 0 Å². The van der Waals surface area contributed by atoms with E-state index in [1.165, 1.54) is 18.2 Å². The second-order valence-corrected chi connectivity index (χ2v) is 12.2. The second-order valence-electron chi connectivity index (χ2n) is 12.2. The van der Waals surface area contributed by atoms with Gasteiger partial charge in [0.15, 0.2) is 0 Å². The van der Waals surface area contributed by atoms with E-state index < -0.39 is 23.9 Å². The highest BCUT2D eigenvalue weighted by Crippen LogP contribution is 2.28. The van der Waals surface area contributed by atoms with Crippen molar-refractivity contribution in [2.75, 3.05) is 40.1 Å². The molecule has 0 aliphatic rings. The number of methoxy groups -OCH3 is 1. The summed E-state index contributed by atoms with van der Waals surface area (Å²) in [5.41, 5.74) is 0.498. The van der Waals surface area contributed by atoms with Crippen LogP contribution in [0.2, 0.25) is 0 Å². The standard InChI is InChI=1S/C42H52O11/c1-4-6-11-30-51-42(46)37-31-36(52-40(44)32-16-20-34(21-17-32)49-28-14-9-10-15-29-50-39(43)5-2)24-25-38(37)53-41(45)33-18-22-35(23-19-33)48-27-13-8-7-12-26-47-3/h5,16-25,31H,2,4,6-15,26-30H2,1,3H3. The summed E-state index contributed by atoms with van der Waals surface area (Å²) < 4.78 is 38.3. The van der Waals surface area contributed by atoms with E-state index in [1.807, 2.05) is 6.92 Å². The SMILES string of the molecule is C=CC(=O)OCCCCCCOc1ccc(C(=O)Oc2ccc(OC(=O)c3ccc(OCCCCCCOC)cc3)c(C(=O)OCCCCC)c2)cc1. The Kier molecular flexibility index (Phi) is 19.9. The number of ether oxygens (including phenoxy) is 7. The van der Waals surface area contributed by atoms with Crippen molar-refractivity contribution in [3.63, 3.8) is 0 Å². The summed E-state index contributed by atoms with van der Waals surface area (Å²) in [7, 11) is 1.70. The molecule has 0 N–H and O–H groups in total. The fourth-order valence-corrected chi connectivity index (χ4v) is 4.99. The van der Waals surface area contributed by atoms with Crippen LogP contribution in [0.15, 0.2) is 79.4 Å². The van der Waals surface area contributed by atoms with E-state index in [2.05, 4.69) is 6.58 Å². The number of esters is 4. The molecule has 0 atom stereocenters. The Morgan fingerprint density at radius 2 is 1.04 bits per heavy atom. The van der Waals surface area contributed by atoms with Gasteiger partial charge in [0.05, 0.1) is 37.6 Å². The van der Waals surface area contributed by atoms with Crippen molar-refractivity contribution < 1.29 is 52.3 Å². The van der Waals surface area contributed by atoms with Crippen LogP contribution in [-0.2, 0) is 19.0 Å². The number of benzene rings is 3. The van der Waals surface area contributed by atoms with Gasteiger partial charge in [0.1, 0.15) is 28.6 Å². The van der Waals surface area contributed by atoms with Crippen LogP contribution < -0.4 is 18.9 Å². The van der Waals surface area contributed by atoms with E-state index in [9.17, 15) is 19.2 Å². The van der Waals surface area contributed by atoms with Crippen molar-refractivity contribution in [3.8, 4) is 23.0 Å². The predicted molar refractivity (Wildman–Crippen MR) is 200 cm³/mol. The first-order chi connectivity index (χ1) is 25.8. The lowest BCUT2D eigenvalue weighted by molar-refractivity contribution is -0.137. The minimum atomic E-state index is -0.703. The van der Waals surface area contributed by atoms with E-state index in [-0.39, 0.29) is 34.8 Å². The first-order valence-electron chi connectivity index (χ1n) is 18.3. The highest BCUT2D eigenvalue weighted by Gasteiger charge is 2.21.